The molecule has 1 saturated heterocycles. The zero-order valence-corrected chi connectivity index (χ0v) is 11.8. The lowest BCUT2D eigenvalue weighted by atomic mass is 10.0. The number of anilines is 1. The van der Waals surface area contributed by atoms with E-state index in [9.17, 15) is 0 Å². The van der Waals surface area contributed by atoms with Crippen LogP contribution in [0.15, 0.2) is 16.7 Å². The van der Waals surface area contributed by atoms with Gasteiger partial charge in [-0.1, -0.05) is 11.6 Å². The summed E-state index contributed by atoms with van der Waals surface area (Å²) in [6.07, 6.45) is 2.59. The first-order chi connectivity index (χ1) is 8.15. The average molecular weight is 322 g/mol. The van der Waals surface area contributed by atoms with Gasteiger partial charge >= 0.3 is 0 Å². The maximum absolute atomic E-state index is 6.08. The van der Waals surface area contributed by atoms with Gasteiger partial charge < -0.3 is 14.8 Å². The minimum absolute atomic E-state index is 0.266. The fourth-order valence-corrected chi connectivity index (χ4v) is 2.45. The summed E-state index contributed by atoms with van der Waals surface area (Å²) >= 11 is 9.39. The number of nitrogens with one attached hydrogen (secondary N) is 1. The Morgan fingerprint density at radius 1 is 1.71 bits per heavy atom. The maximum atomic E-state index is 6.08. The van der Waals surface area contributed by atoms with Gasteiger partial charge in [0.15, 0.2) is 0 Å². The largest absolute Gasteiger partial charge is 0.378 e. The molecule has 1 aromatic rings. The number of nitrogens with zero attached hydrogens (tertiary/aromatic N) is 1. The van der Waals surface area contributed by atoms with Crippen LogP contribution < -0.4 is 5.32 Å². The SMILES string of the molecule is COC1(CNc2ncc(Br)cc2Cl)CCOC1. The molecule has 1 aromatic heterocycles. The van der Waals surface area contributed by atoms with E-state index in [4.69, 9.17) is 21.1 Å². The molecule has 6 heteroatoms. The molecule has 0 aromatic carbocycles. The summed E-state index contributed by atoms with van der Waals surface area (Å²) in [6.45, 7) is 1.97. The second-order valence-corrected chi connectivity index (χ2v) is 5.35. The van der Waals surface area contributed by atoms with E-state index in [1.165, 1.54) is 0 Å². The van der Waals surface area contributed by atoms with Crippen molar-refractivity contribution >= 4 is 33.3 Å². The number of halogens is 2. The highest BCUT2D eigenvalue weighted by atomic mass is 79.9. The fraction of sp³-hybridized carbons (Fsp3) is 0.545. The smallest absolute Gasteiger partial charge is 0.144 e. The standard InChI is InChI=1S/C11H14BrClN2O2/c1-16-11(2-3-17-7-11)6-15-10-9(13)4-8(12)5-14-10/h4-5H,2-3,6-7H2,1H3,(H,14,15). The van der Waals surface area contributed by atoms with E-state index in [1.54, 1.807) is 13.3 Å². The molecule has 0 aliphatic carbocycles. The van der Waals surface area contributed by atoms with E-state index < -0.39 is 0 Å². The Morgan fingerprint density at radius 2 is 2.53 bits per heavy atom. The van der Waals surface area contributed by atoms with E-state index >= 15 is 0 Å². The molecule has 2 rings (SSSR count). The van der Waals surface area contributed by atoms with Gasteiger partial charge in [-0.15, -0.1) is 0 Å². The fourth-order valence-electron chi connectivity index (χ4n) is 1.75. The van der Waals surface area contributed by atoms with Crippen LogP contribution in [0.2, 0.25) is 5.02 Å². The molecule has 17 heavy (non-hydrogen) atoms. The lowest BCUT2D eigenvalue weighted by Crippen LogP contribution is -2.39. The van der Waals surface area contributed by atoms with E-state index in [0.29, 0.717) is 24.0 Å². The predicted octanol–water partition coefficient (Wildman–Crippen LogP) is 2.71. The molecule has 1 fully saturated rings. The second kappa shape index (κ2) is 5.52. The van der Waals surface area contributed by atoms with Crippen LogP contribution in [0.4, 0.5) is 5.82 Å². The van der Waals surface area contributed by atoms with Gasteiger partial charge in [0.2, 0.25) is 0 Å². The molecule has 94 valence electrons. The lowest BCUT2D eigenvalue weighted by molar-refractivity contribution is -0.00625. The minimum Gasteiger partial charge on any atom is -0.378 e. The molecule has 0 radical (unpaired) electrons. The quantitative estimate of drug-likeness (QED) is 0.926. The van der Waals surface area contributed by atoms with Crippen LogP contribution in [0.5, 0.6) is 0 Å². The number of aromatic nitrogens is 1. The highest BCUT2D eigenvalue weighted by Crippen LogP contribution is 2.26. The van der Waals surface area contributed by atoms with Gasteiger partial charge in [0.1, 0.15) is 11.4 Å². The van der Waals surface area contributed by atoms with Crippen LogP contribution in [0.3, 0.4) is 0 Å². The second-order valence-electron chi connectivity index (χ2n) is 4.03. The van der Waals surface area contributed by atoms with Crippen LogP contribution in [0.1, 0.15) is 6.42 Å². The predicted molar refractivity (Wildman–Crippen MR) is 70.6 cm³/mol. The third kappa shape index (κ3) is 3.10. The van der Waals surface area contributed by atoms with Gasteiger partial charge in [0.25, 0.3) is 0 Å². The zero-order chi connectivity index (χ0) is 12.3. The monoisotopic (exact) mass is 320 g/mol. The van der Waals surface area contributed by atoms with Gasteiger partial charge in [0.05, 0.1) is 11.6 Å². The van der Waals surface area contributed by atoms with Crippen molar-refractivity contribution in [3.05, 3.63) is 21.8 Å². The number of methoxy groups -OCH3 is 1. The topological polar surface area (TPSA) is 43.4 Å². The number of rotatable bonds is 4. The molecule has 1 N–H and O–H groups in total. The molecule has 0 saturated carbocycles. The average Bonchev–Trinajstić information content (AvgIpc) is 2.77. The normalized spacial score (nSPS) is 23.9. The van der Waals surface area contributed by atoms with E-state index in [2.05, 4.69) is 26.2 Å². The number of hydrogen-bond donors (Lipinski definition) is 1. The highest BCUT2D eigenvalue weighted by Gasteiger charge is 2.34. The molecule has 1 aliphatic heterocycles. The van der Waals surface area contributed by atoms with Crippen molar-refractivity contribution < 1.29 is 9.47 Å². The summed E-state index contributed by atoms with van der Waals surface area (Å²) < 4.78 is 11.7. The van der Waals surface area contributed by atoms with Gasteiger partial charge in [-0.3, -0.25) is 0 Å². The van der Waals surface area contributed by atoms with Crippen molar-refractivity contribution in [2.75, 3.05) is 32.2 Å². The molecule has 1 atom stereocenters. The van der Waals surface area contributed by atoms with Crippen molar-refractivity contribution in [3.8, 4) is 0 Å². The molecule has 0 bridgehead atoms. The van der Waals surface area contributed by atoms with Crippen molar-refractivity contribution in [1.82, 2.24) is 4.98 Å². The van der Waals surface area contributed by atoms with Crippen LogP contribution in [-0.2, 0) is 9.47 Å². The third-order valence-electron chi connectivity index (χ3n) is 2.89. The molecule has 2 heterocycles. The van der Waals surface area contributed by atoms with Gasteiger partial charge in [-0.05, 0) is 22.0 Å². The number of hydrogen-bond acceptors (Lipinski definition) is 4. The molecule has 0 spiro atoms. The molecule has 4 nitrogen and oxygen atoms in total. The Morgan fingerprint density at radius 3 is 3.12 bits per heavy atom. The molecular weight excluding hydrogens is 307 g/mol. The summed E-state index contributed by atoms with van der Waals surface area (Å²) in [5.41, 5.74) is -0.266. The van der Waals surface area contributed by atoms with Crippen LogP contribution in [-0.4, -0.2) is 37.5 Å². The molecule has 1 aliphatic rings. The third-order valence-corrected chi connectivity index (χ3v) is 3.61. The summed E-state index contributed by atoms with van der Waals surface area (Å²) in [7, 11) is 1.70. The van der Waals surface area contributed by atoms with Crippen molar-refractivity contribution in [1.29, 1.82) is 0 Å². The van der Waals surface area contributed by atoms with E-state index in [1.807, 2.05) is 6.07 Å². The molecule has 1 unspecified atom stereocenters. The molecular formula is C11H14BrClN2O2. The lowest BCUT2D eigenvalue weighted by Gasteiger charge is -2.26. The Labute approximate surface area is 114 Å². The van der Waals surface area contributed by atoms with Gasteiger partial charge in [0, 0.05) is 37.4 Å². The van der Waals surface area contributed by atoms with E-state index in [0.717, 1.165) is 17.5 Å². The van der Waals surface area contributed by atoms with Gasteiger partial charge in [-0.25, -0.2) is 4.98 Å². The summed E-state index contributed by atoms with van der Waals surface area (Å²) in [5.74, 6) is 0.665. The Kier molecular flexibility index (Phi) is 4.25. The first-order valence-corrected chi connectivity index (χ1v) is 6.50. The number of ether oxygens (including phenoxy) is 2. The minimum atomic E-state index is -0.266. The summed E-state index contributed by atoms with van der Waals surface area (Å²) in [5, 5.41) is 3.79. The summed E-state index contributed by atoms with van der Waals surface area (Å²) in [4.78, 5) is 4.22. The highest BCUT2D eigenvalue weighted by molar-refractivity contribution is 9.10. The number of pyridine rings is 1. The first-order valence-electron chi connectivity index (χ1n) is 5.33. The van der Waals surface area contributed by atoms with Gasteiger partial charge in [-0.2, -0.15) is 0 Å². The summed E-state index contributed by atoms with van der Waals surface area (Å²) in [6, 6.07) is 1.81. The van der Waals surface area contributed by atoms with Crippen molar-refractivity contribution in [3.63, 3.8) is 0 Å². The first kappa shape index (κ1) is 13.1. The maximum Gasteiger partial charge on any atom is 0.144 e. The molecule has 0 amide bonds. The van der Waals surface area contributed by atoms with Crippen LogP contribution in [0.25, 0.3) is 0 Å². The van der Waals surface area contributed by atoms with Crippen molar-refractivity contribution in [2.45, 2.75) is 12.0 Å². The van der Waals surface area contributed by atoms with Crippen LogP contribution in [0, 0.1) is 0 Å². The Bertz CT molecular complexity index is 397. The van der Waals surface area contributed by atoms with Crippen molar-refractivity contribution in [2.24, 2.45) is 0 Å². The van der Waals surface area contributed by atoms with Crippen LogP contribution >= 0.6 is 27.5 Å². The van der Waals surface area contributed by atoms with E-state index in [-0.39, 0.29) is 5.60 Å². The Hall–Kier alpha value is -0.360. The Balaban J connectivity index is 2.01. The zero-order valence-electron chi connectivity index (χ0n) is 9.50.